The van der Waals surface area contributed by atoms with Gasteiger partial charge >= 0.3 is 6.18 Å². The molecule has 4 nitrogen and oxygen atoms in total. The lowest BCUT2D eigenvalue weighted by Gasteiger charge is -2.20. The lowest BCUT2D eigenvalue weighted by Crippen LogP contribution is -2.35. The summed E-state index contributed by atoms with van der Waals surface area (Å²) < 4.78 is 37.7. The minimum Gasteiger partial charge on any atom is -0.364 e. The van der Waals surface area contributed by atoms with Crippen molar-refractivity contribution < 1.29 is 18.0 Å². The molecule has 1 aromatic carbocycles. The summed E-state index contributed by atoms with van der Waals surface area (Å²) in [4.78, 5) is 12.9. The maximum atomic E-state index is 12.6. The van der Waals surface area contributed by atoms with Crippen LogP contribution >= 0.6 is 0 Å². The Hall–Kier alpha value is -2.23. The SMILES string of the molecule is CCNC(=O)CN(C)c1ccc(C(F)(F)F)cc1C#N. The first-order valence-corrected chi connectivity index (χ1v) is 5.88. The van der Waals surface area contributed by atoms with Crippen molar-refractivity contribution in [1.82, 2.24) is 5.32 Å². The fraction of sp³-hybridized carbons (Fsp3) is 0.385. The smallest absolute Gasteiger partial charge is 0.364 e. The van der Waals surface area contributed by atoms with E-state index in [4.69, 9.17) is 5.26 Å². The third-order valence-electron chi connectivity index (χ3n) is 2.61. The zero-order valence-corrected chi connectivity index (χ0v) is 11.1. The molecule has 1 amide bonds. The molecule has 0 atom stereocenters. The summed E-state index contributed by atoms with van der Waals surface area (Å²) in [5, 5.41) is 11.5. The van der Waals surface area contributed by atoms with E-state index in [1.54, 1.807) is 20.0 Å². The Bertz CT molecular complexity index is 535. The molecule has 0 fully saturated rings. The molecule has 1 aromatic rings. The molecule has 0 radical (unpaired) electrons. The average Bonchev–Trinajstić information content (AvgIpc) is 2.37. The number of nitrogens with zero attached hydrogens (tertiary/aromatic N) is 2. The second kappa shape index (κ2) is 6.28. The first-order chi connectivity index (χ1) is 9.29. The topological polar surface area (TPSA) is 56.1 Å². The Kier molecular flexibility index (Phi) is 4.97. The van der Waals surface area contributed by atoms with Crippen LogP contribution < -0.4 is 10.2 Å². The van der Waals surface area contributed by atoms with Crippen LogP contribution in [0.2, 0.25) is 0 Å². The summed E-state index contributed by atoms with van der Waals surface area (Å²) in [6.07, 6.45) is -4.50. The highest BCUT2D eigenvalue weighted by Crippen LogP contribution is 2.32. The van der Waals surface area contributed by atoms with E-state index >= 15 is 0 Å². The van der Waals surface area contributed by atoms with E-state index in [0.29, 0.717) is 6.54 Å². The molecular weight excluding hydrogens is 271 g/mol. The maximum Gasteiger partial charge on any atom is 0.416 e. The zero-order chi connectivity index (χ0) is 15.3. The Morgan fingerprint density at radius 3 is 2.60 bits per heavy atom. The van der Waals surface area contributed by atoms with E-state index in [0.717, 1.165) is 12.1 Å². The molecule has 0 unspecified atom stereocenters. The van der Waals surface area contributed by atoms with Crippen LogP contribution in [0.25, 0.3) is 0 Å². The fourth-order valence-electron chi connectivity index (χ4n) is 1.69. The van der Waals surface area contributed by atoms with E-state index in [9.17, 15) is 18.0 Å². The van der Waals surface area contributed by atoms with Crippen molar-refractivity contribution in [2.24, 2.45) is 0 Å². The highest BCUT2D eigenvalue weighted by atomic mass is 19.4. The van der Waals surface area contributed by atoms with Crippen LogP contribution in [-0.4, -0.2) is 26.0 Å². The van der Waals surface area contributed by atoms with Crippen LogP contribution in [0.15, 0.2) is 18.2 Å². The van der Waals surface area contributed by atoms with Crippen molar-refractivity contribution in [3.8, 4) is 6.07 Å². The predicted octanol–water partition coefficient (Wildman–Crippen LogP) is 2.15. The number of carbonyl (C=O) groups excluding carboxylic acids is 1. The van der Waals surface area contributed by atoms with Crippen molar-refractivity contribution in [3.63, 3.8) is 0 Å². The van der Waals surface area contributed by atoms with Gasteiger partial charge in [0.05, 0.1) is 23.4 Å². The summed E-state index contributed by atoms with van der Waals surface area (Å²) in [7, 11) is 1.54. The van der Waals surface area contributed by atoms with Gasteiger partial charge < -0.3 is 10.2 Å². The summed E-state index contributed by atoms with van der Waals surface area (Å²) in [6.45, 7) is 2.19. The molecule has 1 rings (SSSR count). The fourth-order valence-corrected chi connectivity index (χ4v) is 1.69. The van der Waals surface area contributed by atoms with Gasteiger partial charge in [0.2, 0.25) is 5.91 Å². The summed E-state index contributed by atoms with van der Waals surface area (Å²) in [5.74, 6) is -0.265. The molecule has 0 aliphatic carbocycles. The summed E-state index contributed by atoms with van der Waals surface area (Å²) in [6, 6.07) is 4.59. The number of halogens is 3. The lowest BCUT2D eigenvalue weighted by atomic mass is 10.1. The Morgan fingerprint density at radius 2 is 2.10 bits per heavy atom. The second-order valence-corrected chi connectivity index (χ2v) is 4.15. The number of carbonyl (C=O) groups is 1. The number of hydrogen-bond acceptors (Lipinski definition) is 3. The molecule has 108 valence electrons. The van der Waals surface area contributed by atoms with Gasteiger partial charge in [-0.2, -0.15) is 18.4 Å². The van der Waals surface area contributed by atoms with E-state index < -0.39 is 11.7 Å². The molecule has 0 saturated carbocycles. The quantitative estimate of drug-likeness (QED) is 0.922. The van der Waals surface area contributed by atoms with Crippen molar-refractivity contribution in [2.75, 3.05) is 25.0 Å². The Morgan fingerprint density at radius 1 is 1.45 bits per heavy atom. The average molecular weight is 285 g/mol. The van der Waals surface area contributed by atoms with Gasteiger partial charge in [-0.1, -0.05) is 0 Å². The van der Waals surface area contributed by atoms with Crippen molar-refractivity contribution in [2.45, 2.75) is 13.1 Å². The van der Waals surface area contributed by atoms with Crippen LogP contribution in [0.4, 0.5) is 18.9 Å². The molecule has 0 bridgehead atoms. The van der Waals surface area contributed by atoms with Gasteiger partial charge in [0.25, 0.3) is 0 Å². The van der Waals surface area contributed by atoms with Crippen LogP contribution in [0.3, 0.4) is 0 Å². The van der Waals surface area contributed by atoms with Crippen molar-refractivity contribution >= 4 is 11.6 Å². The zero-order valence-electron chi connectivity index (χ0n) is 11.1. The number of hydrogen-bond donors (Lipinski definition) is 1. The maximum absolute atomic E-state index is 12.6. The molecule has 20 heavy (non-hydrogen) atoms. The van der Waals surface area contributed by atoms with Crippen LogP contribution in [0, 0.1) is 11.3 Å². The highest BCUT2D eigenvalue weighted by Gasteiger charge is 2.31. The molecule has 0 aromatic heterocycles. The van der Waals surface area contributed by atoms with Gasteiger partial charge in [-0.3, -0.25) is 4.79 Å². The predicted molar refractivity (Wildman–Crippen MR) is 68.1 cm³/mol. The summed E-state index contributed by atoms with van der Waals surface area (Å²) in [5.41, 5.74) is -0.720. The van der Waals surface area contributed by atoms with Crippen molar-refractivity contribution in [1.29, 1.82) is 5.26 Å². The Labute approximate surface area is 114 Å². The van der Waals surface area contributed by atoms with E-state index in [-0.39, 0.29) is 23.7 Å². The minimum absolute atomic E-state index is 0.0338. The van der Waals surface area contributed by atoms with Gasteiger partial charge in [-0.25, -0.2) is 0 Å². The molecule has 1 N–H and O–H groups in total. The molecule has 7 heteroatoms. The summed E-state index contributed by atoms with van der Waals surface area (Å²) >= 11 is 0. The standard InChI is InChI=1S/C13H14F3N3O/c1-3-18-12(20)8-19(2)11-5-4-10(13(14,15)16)6-9(11)7-17/h4-6H,3,8H2,1-2H3,(H,18,20). The molecule has 0 aliphatic heterocycles. The third-order valence-corrected chi connectivity index (χ3v) is 2.61. The third kappa shape index (κ3) is 3.88. The molecular formula is C13H14F3N3O. The molecule has 0 heterocycles. The number of likely N-dealkylation sites (N-methyl/N-ethyl adjacent to an activating group) is 2. The first-order valence-electron chi connectivity index (χ1n) is 5.88. The lowest BCUT2D eigenvalue weighted by molar-refractivity contribution is -0.137. The van der Waals surface area contributed by atoms with E-state index in [1.807, 2.05) is 0 Å². The Balaban J connectivity index is 3.02. The van der Waals surface area contributed by atoms with Gasteiger partial charge in [-0.05, 0) is 25.1 Å². The van der Waals surface area contributed by atoms with E-state index in [1.165, 1.54) is 11.0 Å². The number of amides is 1. The van der Waals surface area contributed by atoms with Crippen LogP contribution in [0.1, 0.15) is 18.1 Å². The molecule has 0 aliphatic rings. The van der Waals surface area contributed by atoms with Gasteiger partial charge in [-0.15, -0.1) is 0 Å². The normalized spacial score (nSPS) is 10.8. The number of alkyl halides is 3. The number of nitriles is 1. The van der Waals surface area contributed by atoms with E-state index in [2.05, 4.69) is 5.32 Å². The second-order valence-electron chi connectivity index (χ2n) is 4.15. The van der Waals surface area contributed by atoms with Gasteiger partial charge in [0, 0.05) is 13.6 Å². The number of benzene rings is 1. The first kappa shape index (κ1) is 15.8. The number of rotatable bonds is 4. The van der Waals surface area contributed by atoms with Crippen LogP contribution in [0.5, 0.6) is 0 Å². The van der Waals surface area contributed by atoms with Crippen molar-refractivity contribution in [3.05, 3.63) is 29.3 Å². The molecule has 0 spiro atoms. The van der Waals surface area contributed by atoms with Gasteiger partial charge in [0.15, 0.2) is 0 Å². The van der Waals surface area contributed by atoms with Crippen LogP contribution in [-0.2, 0) is 11.0 Å². The molecule has 0 saturated heterocycles. The largest absolute Gasteiger partial charge is 0.416 e. The minimum atomic E-state index is -4.50. The monoisotopic (exact) mass is 285 g/mol. The highest BCUT2D eigenvalue weighted by molar-refractivity contribution is 5.81. The number of nitrogens with one attached hydrogen (secondary N) is 1. The van der Waals surface area contributed by atoms with Gasteiger partial charge in [0.1, 0.15) is 6.07 Å². The number of anilines is 1.